The molecule has 28 heavy (non-hydrogen) atoms. The van der Waals surface area contributed by atoms with Gasteiger partial charge in [0, 0.05) is 30.7 Å². The molecule has 1 amide bonds. The smallest absolute Gasteiger partial charge is 0.243 e. The predicted molar refractivity (Wildman–Crippen MR) is 113 cm³/mol. The molecule has 1 aromatic carbocycles. The largest absolute Gasteiger partial charge is 0.325 e. The number of sulfonamides is 1. The molecule has 1 N–H and O–H groups in total. The van der Waals surface area contributed by atoms with E-state index in [9.17, 15) is 13.2 Å². The van der Waals surface area contributed by atoms with E-state index in [1.165, 1.54) is 16.4 Å². The van der Waals surface area contributed by atoms with Crippen molar-refractivity contribution in [3.63, 3.8) is 0 Å². The van der Waals surface area contributed by atoms with Crippen LogP contribution in [0.4, 0.5) is 5.69 Å². The van der Waals surface area contributed by atoms with Gasteiger partial charge in [-0.2, -0.15) is 4.31 Å². The average Bonchev–Trinajstić information content (AvgIpc) is 3.08. The number of hydrogen-bond acceptors (Lipinski definition) is 6. The van der Waals surface area contributed by atoms with Gasteiger partial charge in [-0.3, -0.25) is 9.69 Å². The highest BCUT2D eigenvalue weighted by atomic mass is 32.2. The molecule has 154 valence electrons. The Labute approximate surface area is 171 Å². The molecule has 1 aromatic heterocycles. The highest BCUT2D eigenvalue weighted by molar-refractivity contribution is 7.89. The van der Waals surface area contributed by atoms with Crippen LogP contribution in [0.1, 0.15) is 31.5 Å². The van der Waals surface area contributed by atoms with Crippen LogP contribution in [0.25, 0.3) is 0 Å². The maximum Gasteiger partial charge on any atom is 0.243 e. The number of thiazole rings is 1. The Kier molecular flexibility index (Phi) is 7.70. The lowest BCUT2D eigenvalue weighted by Gasteiger charge is -2.21. The molecule has 0 saturated heterocycles. The van der Waals surface area contributed by atoms with Crippen LogP contribution in [0.5, 0.6) is 0 Å². The Balaban J connectivity index is 1.93. The number of nitrogens with one attached hydrogen (secondary N) is 1. The quantitative estimate of drug-likeness (QED) is 0.669. The normalized spacial score (nSPS) is 12.1. The highest BCUT2D eigenvalue weighted by Gasteiger charge is 2.22. The number of carbonyl (C=O) groups excluding carboxylic acids is 1. The summed E-state index contributed by atoms with van der Waals surface area (Å²) in [6.45, 7) is 6.52. The third kappa shape index (κ3) is 5.84. The molecular weight excluding hydrogens is 396 g/mol. The van der Waals surface area contributed by atoms with E-state index in [-0.39, 0.29) is 23.4 Å². The molecule has 2 rings (SSSR count). The van der Waals surface area contributed by atoms with Gasteiger partial charge in [-0.05, 0) is 51.6 Å². The third-order valence-electron chi connectivity index (χ3n) is 4.29. The first-order chi connectivity index (χ1) is 13.1. The summed E-state index contributed by atoms with van der Waals surface area (Å²) in [5.74, 6) is -0.164. The zero-order valence-corrected chi connectivity index (χ0v) is 18.6. The Morgan fingerprint density at radius 1 is 1.21 bits per heavy atom. The summed E-state index contributed by atoms with van der Waals surface area (Å²) in [7, 11) is -0.115. The molecule has 0 fully saturated rings. The maximum absolute atomic E-state index is 12.5. The van der Waals surface area contributed by atoms with Gasteiger partial charge < -0.3 is 5.32 Å². The lowest BCUT2D eigenvalue weighted by atomic mass is 10.3. The lowest BCUT2D eigenvalue weighted by Crippen LogP contribution is -2.33. The molecule has 0 aliphatic heterocycles. The number of aromatic nitrogens is 1. The Hall–Kier alpha value is -1.81. The zero-order valence-electron chi connectivity index (χ0n) is 17.0. The molecule has 9 heteroatoms. The van der Waals surface area contributed by atoms with Gasteiger partial charge in [-0.25, -0.2) is 13.4 Å². The number of likely N-dealkylation sites (N-methyl/N-ethyl adjacent to an activating group) is 1. The molecular formula is C19H28N4O3S2. The Bertz CT molecular complexity index is 892. The average molecular weight is 425 g/mol. The molecule has 0 saturated carbocycles. The van der Waals surface area contributed by atoms with Gasteiger partial charge in [0.25, 0.3) is 0 Å². The van der Waals surface area contributed by atoms with Crippen LogP contribution in [-0.4, -0.2) is 55.2 Å². The van der Waals surface area contributed by atoms with Crippen molar-refractivity contribution in [2.45, 2.75) is 44.7 Å². The van der Waals surface area contributed by atoms with E-state index in [1.54, 1.807) is 30.5 Å². The van der Waals surface area contributed by atoms with E-state index in [2.05, 4.69) is 17.2 Å². The van der Waals surface area contributed by atoms with Gasteiger partial charge in [0.1, 0.15) is 0 Å². The minimum Gasteiger partial charge on any atom is -0.325 e. The second-order valence-corrected chi connectivity index (χ2v) is 9.89. The number of benzene rings is 1. The van der Waals surface area contributed by atoms with Crippen molar-refractivity contribution in [2.24, 2.45) is 0 Å². The van der Waals surface area contributed by atoms with E-state index in [4.69, 9.17) is 0 Å². The number of carbonyl (C=O) groups is 1. The van der Waals surface area contributed by atoms with Crippen molar-refractivity contribution in [1.82, 2.24) is 14.2 Å². The second-order valence-electron chi connectivity index (χ2n) is 6.95. The van der Waals surface area contributed by atoms with Crippen LogP contribution in [0.3, 0.4) is 0 Å². The van der Waals surface area contributed by atoms with Gasteiger partial charge in [0.05, 0.1) is 22.1 Å². The van der Waals surface area contributed by atoms with E-state index >= 15 is 0 Å². The summed E-state index contributed by atoms with van der Waals surface area (Å²) in [5, 5.41) is 5.90. The molecule has 0 aliphatic carbocycles. The molecule has 0 bridgehead atoms. The molecule has 0 radical (unpaired) electrons. The van der Waals surface area contributed by atoms with Crippen LogP contribution in [0.15, 0.2) is 34.5 Å². The van der Waals surface area contributed by atoms with Gasteiger partial charge in [0.15, 0.2) is 0 Å². The number of hydrogen-bond donors (Lipinski definition) is 1. The number of anilines is 1. The molecule has 0 unspecified atom stereocenters. The van der Waals surface area contributed by atoms with Crippen molar-refractivity contribution in [3.05, 3.63) is 40.3 Å². The third-order valence-corrected chi connectivity index (χ3v) is 7.38. The van der Waals surface area contributed by atoms with Crippen molar-refractivity contribution >= 4 is 33.0 Å². The van der Waals surface area contributed by atoms with Crippen molar-refractivity contribution in [2.75, 3.05) is 26.0 Å². The standard InChI is InChI=1S/C19H28N4O3S2/c1-6-19-21-16(13-27-19)11-22(4)12-18(24)20-15-7-9-17(10-8-15)28(25,26)23(5)14(2)3/h7-10,13-14H,6,11-12H2,1-5H3,(H,20,24). The van der Waals surface area contributed by atoms with E-state index in [0.717, 1.165) is 17.1 Å². The summed E-state index contributed by atoms with van der Waals surface area (Å²) in [6.07, 6.45) is 0.910. The summed E-state index contributed by atoms with van der Waals surface area (Å²) in [6, 6.07) is 6.09. The number of aryl methyl sites for hydroxylation is 1. The van der Waals surface area contributed by atoms with Crippen LogP contribution in [0, 0.1) is 0 Å². The van der Waals surface area contributed by atoms with Gasteiger partial charge >= 0.3 is 0 Å². The number of amides is 1. The fourth-order valence-corrected chi connectivity index (χ4v) is 4.62. The Morgan fingerprint density at radius 3 is 2.39 bits per heavy atom. The predicted octanol–water partition coefficient (Wildman–Crippen LogP) is 2.80. The Morgan fingerprint density at radius 2 is 1.86 bits per heavy atom. The summed E-state index contributed by atoms with van der Waals surface area (Å²) in [5.41, 5.74) is 1.52. The van der Waals surface area contributed by atoms with Gasteiger partial charge in [0.2, 0.25) is 15.9 Å². The highest BCUT2D eigenvalue weighted by Crippen LogP contribution is 2.19. The van der Waals surface area contributed by atoms with Gasteiger partial charge in [-0.1, -0.05) is 6.92 Å². The first-order valence-electron chi connectivity index (χ1n) is 9.13. The fourth-order valence-electron chi connectivity index (χ4n) is 2.52. The molecule has 0 atom stereocenters. The van der Waals surface area contributed by atoms with Gasteiger partial charge in [-0.15, -0.1) is 11.3 Å². The molecule has 7 nitrogen and oxygen atoms in total. The summed E-state index contributed by atoms with van der Waals surface area (Å²) < 4.78 is 26.3. The van der Waals surface area contributed by atoms with Crippen molar-refractivity contribution in [3.8, 4) is 0 Å². The number of nitrogens with zero attached hydrogens (tertiary/aromatic N) is 3. The maximum atomic E-state index is 12.5. The molecule has 0 aliphatic rings. The van der Waals surface area contributed by atoms with E-state index in [1.807, 2.05) is 31.2 Å². The van der Waals surface area contributed by atoms with E-state index in [0.29, 0.717) is 12.2 Å². The lowest BCUT2D eigenvalue weighted by molar-refractivity contribution is -0.117. The SMILES string of the molecule is CCc1nc(CN(C)CC(=O)Nc2ccc(S(=O)(=O)N(C)C(C)C)cc2)cs1. The van der Waals surface area contributed by atoms with Crippen LogP contribution >= 0.6 is 11.3 Å². The van der Waals surface area contributed by atoms with Crippen LogP contribution in [-0.2, 0) is 27.8 Å². The first-order valence-corrected chi connectivity index (χ1v) is 11.4. The van der Waals surface area contributed by atoms with Crippen LogP contribution < -0.4 is 5.32 Å². The van der Waals surface area contributed by atoms with Crippen molar-refractivity contribution in [1.29, 1.82) is 0 Å². The fraction of sp³-hybridized carbons (Fsp3) is 0.474. The number of rotatable bonds is 9. The minimum absolute atomic E-state index is 0.133. The van der Waals surface area contributed by atoms with Crippen molar-refractivity contribution < 1.29 is 13.2 Å². The molecule has 2 aromatic rings. The topological polar surface area (TPSA) is 82.6 Å². The molecule has 1 heterocycles. The monoisotopic (exact) mass is 424 g/mol. The zero-order chi connectivity index (χ0) is 20.9. The van der Waals surface area contributed by atoms with Crippen LogP contribution in [0.2, 0.25) is 0 Å². The summed E-state index contributed by atoms with van der Waals surface area (Å²) in [4.78, 5) is 18.9. The minimum atomic E-state index is -3.53. The van der Waals surface area contributed by atoms with E-state index < -0.39 is 10.0 Å². The second kappa shape index (κ2) is 9.60. The molecule has 0 spiro atoms. The first kappa shape index (κ1) is 22.5. The summed E-state index contributed by atoms with van der Waals surface area (Å²) >= 11 is 1.63.